The first kappa shape index (κ1) is 14.9. The summed E-state index contributed by atoms with van der Waals surface area (Å²) in [4.78, 5) is 16.1. The molecule has 6 heteroatoms. The summed E-state index contributed by atoms with van der Waals surface area (Å²) in [6.07, 6.45) is 1.26. The Bertz CT molecular complexity index is 783. The highest BCUT2D eigenvalue weighted by atomic mass is 16.5. The second-order valence-corrected chi connectivity index (χ2v) is 4.94. The van der Waals surface area contributed by atoms with Crippen LogP contribution < -0.4 is 5.32 Å². The summed E-state index contributed by atoms with van der Waals surface area (Å²) in [7, 11) is 0. The monoisotopic (exact) mass is 309 g/mol. The third-order valence-electron chi connectivity index (χ3n) is 3.49. The van der Waals surface area contributed by atoms with E-state index in [9.17, 15) is 9.90 Å². The zero-order valence-electron chi connectivity index (χ0n) is 12.3. The third kappa shape index (κ3) is 3.44. The summed E-state index contributed by atoms with van der Waals surface area (Å²) in [6.45, 7) is 0.313. The van der Waals surface area contributed by atoms with Crippen LogP contribution in [0.25, 0.3) is 11.4 Å². The molecule has 2 N–H and O–H groups in total. The molecular weight excluding hydrogens is 294 g/mol. The zero-order chi connectivity index (χ0) is 16.1. The lowest BCUT2D eigenvalue weighted by Gasteiger charge is -2.09. The van der Waals surface area contributed by atoms with Crippen molar-refractivity contribution >= 4 is 5.91 Å². The lowest BCUT2D eigenvalue weighted by molar-refractivity contribution is 0.0950. The van der Waals surface area contributed by atoms with Gasteiger partial charge in [-0.25, -0.2) is 0 Å². The van der Waals surface area contributed by atoms with Crippen molar-refractivity contribution in [3.05, 3.63) is 71.6 Å². The molecule has 0 atom stereocenters. The van der Waals surface area contributed by atoms with Crippen molar-refractivity contribution in [1.82, 2.24) is 15.5 Å². The highest BCUT2D eigenvalue weighted by Gasteiger charge is 2.08. The molecule has 0 aliphatic heterocycles. The fraction of sp³-hybridized carbons (Fsp3) is 0.118. The van der Waals surface area contributed by atoms with Gasteiger partial charge in [-0.2, -0.15) is 4.98 Å². The van der Waals surface area contributed by atoms with Gasteiger partial charge in [0.25, 0.3) is 5.91 Å². The summed E-state index contributed by atoms with van der Waals surface area (Å²) in [5.41, 5.74) is 3.02. The second-order valence-electron chi connectivity index (χ2n) is 4.94. The first-order chi connectivity index (χ1) is 11.3. The first-order valence-corrected chi connectivity index (χ1v) is 7.10. The molecule has 0 bridgehead atoms. The van der Waals surface area contributed by atoms with Crippen LogP contribution in [0.4, 0.5) is 0 Å². The Hall–Kier alpha value is -2.99. The van der Waals surface area contributed by atoms with E-state index in [0.29, 0.717) is 17.9 Å². The van der Waals surface area contributed by atoms with Crippen LogP contribution in [0.3, 0.4) is 0 Å². The lowest BCUT2D eigenvalue weighted by atomic mass is 10.1. The summed E-state index contributed by atoms with van der Waals surface area (Å²) in [5, 5.41) is 15.9. The summed E-state index contributed by atoms with van der Waals surface area (Å²) >= 11 is 0. The molecule has 0 aliphatic carbocycles. The molecule has 6 nitrogen and oxygen atoms in total. The molecule has 0 saturated heterocycles. The minimum Gasteiger partial charge on any atom is -0.392 e. The van der Waals surface area contributed by atoms with Crippen molar-refractivity contribution in [1.29, 1.82) is 0 Å². The number of aliphatic hydroxyl groups excluding tert-OH is 1. The number of hydrogen-bond acceptors (Lipinski definition) is 5. The van der Waals surface area contributed by atoms with E-state index in [2.05, 4.69) is 15.5 Å². The highest BCUT2D eigenvalue weighted by molar-refractivity contribution is 5.94. The predicted octanol–water partition coefficient (Wildman–Crippen LogP) is 2.16. The largest absolute Gasteiger partial charge is 0.392 e. The Morgan fingerprint density at radius 2 is 1.83 bits per heavy atom. The molecule has 1 amide bonds. The van der Waals surface area contributed by atoms with E-state index < -0.39 is 0 Å². The van der Waals surface area contributed by atoms with Crippen LogP contribution in [0.2, 0.25) is 0 Å². The van der Waals surface area contributed by atoms with Crippen molar-refractivity contribution in [3.8, 4) is 11.4 Å². The van der Waals surface area contributed by atoms with E-state index in [1.54, 1.807) is 24.3 Å². The highest BCUT2D eigenvalue weighted by Crippen LogP contribution is 2.15. The second kappa shape index (κ2) is 6.85. The average molecular weight is 309 g/mol. The number of amides is 1. The van der Waals surface area contributed by atoms with Crippen LogP contribution in [-0.4, -0.2) is 21.2 Å². The van der Waals surface area contributed by atoms with Gasteiger partial charge in [0.2, 0.25) is 12.2 Å². The standard InChI is InChI=1S/C17H15N3O3/c21-10-15-4-2-1-3-14(15)9-18-17(22)13-7-5-12(6-8-13)16-19-11-23-20-16/h1-8,11,21H,9-10H2,(H,18,22). The van der Waals surface area contributed by atoms with E-state index >= 15 is 0 Å². The minimum absolute atomic E-state index is 0.0502. The predicted molar refractivity (Wildman–Crippen MR) is 83.3 cm³/mol. The van der Waals surface area contributed by atoms with Gasteiger partial charge in [0.1, 0.15) is 0 Å². The quantitative estimate of drug-likeness (QED) is 0.754. The number of hydrogen-bond donors (Lipinski definition) is 2. The van der Waals surface area contributed by atoms with Gasteiger partial charge in [-0.05, 0) is 23.3 Å². The average Bonchev–Trinajstić information content (AvgIpc) is 3.14. The maximum Gasteiger partial charge on any atom is 0.251 e. The topological polar surface area (TPSA) is 88.2 Å². The van der Waals surface area contributed by atoms with Crippen LogP contribution in [-0.2, 0) is 13.2 Å². The number of benzene rings is 2. The van der Waals surface area contributed by atoms with Gasteiger partial charge >= 0.3 is 0 Å². The van der Waals surface area contributed by atoms with E-state index in [0.717, 1.165) is 16.7 Å². The van der Waals surface area contributed by atoms with Gasteiger partial charge in [-0.1, -0.05) is 41.6 Å². The molecule has 3 aromatic rings. The van der Waals surface area contributed by atoms with Crippen LogP contribution in [0, 0.1) is 0 Å². The van der Waals surface area contributed by atoms with Gasteiger partial charge in [0, 0.05) is 17.7 Å². The van der Waals surface area contributed by atoms with Gasteiger partial charge in [0.05, 0.1) is 6.61 Å². The van der Waals surface area contributed by atoms with E-state index in [1.165, 1.54) is 6.39 Å². The molecule has 0 spiro atoms. The third-order valence-corrected chi connectivity index (χ3v) is 3.49. The summed E-state index contributed by atoms with van der Waals surface area (Å²) in [5.74, 6) is 0.297. The molecule has 0 radical (unpaired) electrons. The molecule has 0 saturated carbocycles. The van der Waals surface area contributed by atoms with Crippen LogP contribution in [0.5, 0.6) is 0 Å². The molecule has 1 heterocycles. The summed E-state index contributed by atoms with van der Waals surface area (Å²) in [6, 6.07) is 14.4. The number of rotatable bonds is 5. The molecule has 0 unspecified atom stereocenters. The smallest absolute Gasteiger partial charge is 0.251 e. The van der Waals surface area contributed by atoms with Crippen LogP contribution >= 0.6 is 0 Å². The number of carbonyl (C=O) groups is 1. The van der Waals surface area contributed by atoms with Crippen molar-refractivity contribution in [2.24, 2.45) is 0 Å². The summed E-state index contributed by atoms with van der Waals surface area (Å²) < 4.78 is 4.70. The molecule has 116 valence electrons. The SMILES string of the molecule is O=C(NCc1ccccc1CO)c1ccc(-c2ncon2)cc1. The maximum absolute atomic E-state index is 12.2. The molecule has 23 heavy (non-hydrogen) atoms. The van der Waals surface area contributed by atoms with Gasteiger partial charge in [-0.15, -0.1) is 0 Å². The van der Waals surface area contributed by atoms with Crippen LogP contribution in [0.1, 0.15) is 21.5 Å². The van der Waals surface area contributed by atoms with E-state index in [4.69, 9.17) is 4.52 Å². The first-order valence-electron chi connectivity index (χ1n) is 7.10. The zero-order valence-corrected chi connectivity index (χ0v) is 12.3. The molecular formula is C17H15N3O3. The normalized spacial score (nSPS) is 10.5. The molecule has 1 aromatic heterocycles. The number of nitrogens with one attached hydrogen (secondary N) is 1. The minimum atomic E-state index is -0.183. The molecule has 0 fully saturated rings. The van der Waals surface area contributed by atoms with Gasteiger partial charge in [0.15, 0.2) is 0 Å². The number of aromatic nitrogens is 2. The Balaban J connectivity index is 1.66. The van der Waals surface area contributed by atoms with Crippen molar-refractivity contribution < 1.29 is 14.4 Å². The number of nitrogens with zero attached hydrogens (tertiary/aromatic N) is 2. The molecule has 2 aromatic carbocycles. The van der Waals surface area contributed by atoms with Gasteiger partial charge < -0.3 is 14.9 Å². The van der Waals surface area contributed by atoms with E-state index in [1.807, 2.05) is 24.3 Å². The lowest BCUT2D eigenvalue weighted by Crippen LogP contribution is -2.23. The fourth-order valence-corrected chi connectivity index (χ4v) is 2.23. The van der Waals surface area contributed by atoms with Gasteiger partial charge in [-0.3, -0.25) is 4.79 Å². The number of carbonyl (C=O) groups excluding carboxylic acids is 1. The molecule has 3 rings (SSSR count). The van der Waals surface area contributed by atoms with Crippen LogP contribution in [0.15, 0.2) is 59.4 Å². The Kier molecular flexibility index (Phi) is 4.44. The number of aliphatic hydroxyl groups is 1. The maximum atomic E-state index is 12.2. The Morgan fingerprint density at radius 1 is 1.09 bits per heavy atom. The fourth-order valence-electron chi connectivity index (χ4n) is 2.23. The molecule has 0 aliphatic rings. The van der Waals surface area contributed by atoms with Crippen molar-refractivity contribution in [2.75, 3.05) is 0 Å². The van der Waals surface area contributed by atoms with Crippen molar-refractivity contribution in [3.63, 3.8) is 0 Å². The van der Waals surface area contributed by atoms with Crippen molar-refractivity contribution in [2.45, 2.75) is 13.2 Å². The Morgan fingerprint density at radius 3 is 2.48 bits per heavy atom. The van der Waals surface area contributed by atoms with E-state index in [-0.39, 0.29) is 12.5 Å². The Labute approximate surface area is 132 Å².